The van der Waals surface area contributed by atoms with E-state index >= 15 is 0 Å². The molecule has 0 amide bonds. The van der Waals surface area contributed by atoms with Crippen molar-refractivity contribution in [3.05, 3.63) is 24.3 Å². The van der Waals surface area contributed by atoms with Crippen LogP contribution >= 0.6 is 0 Å². The average molecular weight is 238 g/mol. The maximum atomic E-state index is 11.3. The van der Waals surface area contributed by atoms with E-state index in [2.05, 4.69) is 22.1 Å². The number of nitrogens with zero attached hydrogens (tertiary/aromatic N) is 3. The molecule has 0 bridgehead atoms. The highest BCUT2D eigenvalue weighted by Crippen LogP contribution is 1.96. The molecular formula is C11H18N4O2. The Morgan fingerprint density at radius 1 is 1.59 bits per heavy atom. The van der Waals surface area contributed by atoms with Crippen LogP contribution in [-0.2, 0) is 22.6 Å². The first-order chi connectivity index (χ1) is 8.19. The first-order valence-electron chi connectivity index (χ1n) is 5.61. The van der Waals surface area contributed by atoms with E-state index in [9.17, 15) is 4.79 Å². The van der Waals surface area contributed by atoms with Crippen molar-refractivity contribution in [1.29, 1.82) is 0 Å². The van der Waals surface area contributed by atoms with Gasteiger partial charge in [0, 0.05) is 18.7 Å². The standard InChI is InChI=1S/C11H18N4O2/c1-4-15-8-13-14-10(15)7-12-6-9(3)11(16)17-5-2/h8,12H,3-7H2,1-2H3. The van der Waals surface area contributed by atoms with Gasteiger partial charge in [-0.3, -0.25) is 0 Å². The Kier molecular flexibility index (Phi) is 5.35. The molecule has 0 aromatic carbocycles. The third-order valence-electron chi connectivity index (χ3n) is 2.22. The topological polar surface area (TPSA) is 69.0 Å². The van der Waals surface area contributed by atoms with Gasteiger partial charge >= 0.3 is 5.97 Å². The largest absolute Gasteiger partial charge is 0.463 e. The van der Waals surface area contributed by atoms with Crippen LogP contribution in [-0.4, -0.2) is 33.9 Å². The number of carbonyl (C=O) groups is 1. The van der Waals surface area contributed by atoms with Gasteiger partial charge in [-0.05, 0) is 13.8 Å². The van der Waals surface area contributed by atoms with Crippen molar-refractivity contribution in [2.45, 2.75) is 26.9 Å². The normalized spacial score (nSPS) is 10.2. The summed E-state index contributed by atoms with van der Waals surface area (Å²) in [6.45, 7) is 9.56. The zero-order chi connectivity index (χ0) is 12.7. The van der Waals surface area contributed by atoms with Gasteiger partial charge in [0.15, 0.2) is 0 Å². The van der Waals surface area contributed by atoms with Crippen molar-refractivity contribution in [3.8, 4) is 0 Å². The maximum Gasteiger partial charge on any atom is 0.334 e. The van der Waals surface area contributed by atoms with Crippen molar-refractivity contribution >= 4 is 5.97 Å². The summed E-state index contributed by atoms with van der Waals surface area (Å²) in [5.41, 5.74) is 0.411. The van der Waals surface area contributed by atoms with Crippen LogP contribution in [0.3, 0.4) is 0 Å². The minimum atomic E-state index is -0.364. The van der Waals surface area contributed by atoms with Crippen LogP contribution in [0, 0.1) is 0 Å². The summed E-state index contributed by atoms with van der Waals surface area (Å²) in [4.78, 5) is 11.3. The number of aryl methyl sites for hydroxylation is 1. The Balaban J connectivity index is 2.33. The van der Waals surface area contributed by atoms with Crippen LogP contribution in [0.5, 0.6) is 0 Å². The monoisotopic (exact) mass is 238 g/mol. The van der Waals surface area contributed by atoms with E-state index in [1.807, 2.05) is 11.5 Å². The molecule has 1 N–H and O–H groups in total. The van der Waals surface area contributed by atoms with Crippen molar-refractivity contribution in [2.24, 2.45) is 0 Å². The fourth-order valence-electron chi connectivity index (χ4n) is 1.31. The van der Waals surface area contributed by atoms with Crippen molar-refractivity contribution in [3.63, 3.8) is 0 Å². The molecule has 1 rings (SSSR count). The summed E-state index contributed by atoms with van der Waals surface area (Å²) in [6.07, 6.45) is 1.68. The molecule has 0 saturated heterocycles. The molecule has 0 atom stereocenters. The Morgan fingerprint density at radius 3 is 3.00 bits per heavy atom. The minimum Gasteiger partial charge on any atom is -0.463 e. The van der Waals surface area contributed by atoms with Crippen LogP contribution in [0.1, 0.15) is 19.7 Å². The van der Waals surface area contributed by atoms with E-state index in [1.54, 1.807) is 13.3 Å². The lowest BCUT2D eigenvalue weighted by atomic mass is 10.3. The molecule has 0 spiro atoms. The lowest BCUT2D eigenvalue weighted by molar-refractivity contribution is -0.138. The van der Waals surface area contributed by atoms with Crippen molar-refractivity contribution < 1.29 is 9.53 Å². The summed E-state index contributed by atoms with van der Waals surface area (Å²) < 4.78 is 6.76. The van der Waals surface area contributed by atoms with Gasteiger partial charge in [0.1, 0.15) is 12.2 Å². The molecule has 6 heteroatoms. The molecule has 17 heavy (non-hydrogen) atoms. The second-order valence-corrected chi connectivity index (χ2v) is 3.46. The van der Waals surface area contributed by atoms with Gasteiger partial charge < -0.3 is 14.6 Å². The highest BCUT2D eigenvalue weighted by Gasteiger charge is 2.08. The van der Waals surface area contributed by atoms with Crippen LogP contribution in [0.15, 0.2) is 18.5 Å². The van der Waals surface area contributed by atoms with E-state index < -0.39 is 0 Å². The zero-order valence-electron chi connectivity index (χ0n) is 10.3. The first-order valence-corrected chi connectivity index (χ1v) is 5.61. The van der Waals surface area contributed by atoms with E-state index in [1.165, 1.54) is 0 Å². The molecule has 1 heterocycles. The number of nitrogens with one attached hydrogen (secondary N) is 1. The molecular weight excluding hydrogens is 220 g/mol. The van der Waals surface area contributed by atoms with E-state index in [0.29, 0.717) is 25.3 Å². The third kappa shape index (κ3) is 3.99. The van der Waals surface area contributed by atoms with Gasteiger partial charge in [-0.15, -0.1) is 10.2 Å². The van der Waals surface area contributed by atoms with Crippen molar-refractivity contribution in [1.82, 2.24) is 20.1 Å². The lowest BCUT2D eigenvalue weighted by Gasteiger charge is -2.07. The Hall–Kier alpha value is -1.69. The highest BCUT2D eigenvalue weighted by atomic mass is 16.5. The van der Waals surface area contributed by atoms with Crippen LogP contribution < -0.4 is 5.32 Å². The molecule has 1 aromatic heterocycles. The summed E-state index contributed by atoms with van der Waals surface area (Å²) in [5.74, 6) is 0.473. The number of esters is 1. The summed E-state index contributed by atoms with van der Waals surface area (Å²) >= 11 is 0. The Morgan fingerprint density at radius 2 is 2.35 bits per heavy atom. The summed E-state index contributed by atoms with van der Waals surface area (Å²) in [5, 5.41) is 10.9. The van der Waals surface area contributed by atoms with Crippen molar-refractivity contribution in [2.75, 3.05) is 13.2 Å². The number of aromatic nitrogens is 3. The van der Waals surface area contributed by atoms with E-state index in [0.717, 1.165) is 12.4 Å². The fourth-order valence-corrected chi connectivity index (χ4v) is 1.31. The number of ether oxygens (including phenoxy) is 1. The fraction of sp³-hybridized carbons (Fsp3) is 0.545. The summed E-state index contributed by atoms with van der Waals surface area (Å²) in [7, 11) is 0. The van der Waals surface area contributed by atoms with Crippen LogP contribution in [0.4, 0.5) is 0 Å². The third-order valence-corrected chi connectivity index (χ3v) is 2.22. The molecule has 0 radical (unpaired) electrons. The number of rotatable bonds is 7. The molecule has 0 aliphatic carbocycles. The second kappa shape index (κ2) is 6.80. The smallest absolute Gasteiger partial charge is 0.334 e. The van der Waals surface area contributed by atoms with Gasteiger partial charge in [-0.25, -0.2) is 4.79 Å². The molecule has 0 aliphatic heterocycles. The van der Waals surface area contributed by atoms with E-state index in [4.69, 9.17) is 4.74 Å². The molecule has 0 saturated carbocycles. The van der Waals surface area contributed by atoms with Gasteiger partial charge in [0.2, 0.25) is 0 Å². The number of hydrogen-bond donors (Lipinski definition) is 1. The molecule has 94 valence electrons. The zero-order valence-corrected chi connectivity index (χ0v) is 10.3. The second-order valence-electron chi connectivity index (χ2n) is 3.46. The predicted molar refractivity (Wildman–Crippen MR) is 63.2 cm³/mol. The van der Waals surface area contributed by atoms with E-state index in [-0.39, 0.29) is 5.97 Å². The number of carbonyl (C=O) groups excluding carboxylic acids is 1. The highest BCUT2D eigenvalue weighted by molar-refractivity contribution is 5.88. The Labute approximate surface area is 101 Å². The van der Waals surface area contributed by atoms with Crippen LogP contribution in [0.2, 0.25) is 0 Å². The molecule has 0 fully saturated rings. The lowest BCUT2D eigenvalue weighted by Crippen LogP contribution is -2.23. The van der Waals surface area contributed by atoms with Gasteiger partial charge in [-0.2, -0.15) is 0 Å². The van der Waals surface area contributed by atoms with Gasteiger partial charge in [0.25, 0.3) is 0 Å². The van der Waals surface area contributed by atoms with Gasteiger partial charge in [-0.1, -0.05) is 6.58 Å². The maximum absolute atomic E-state index is 11.3. The quantitative estimate of drug-likeness (QED) is 0.553. The summed E-state index contributed by atoms with van der Waals surface area (Å²) in [6, 6.07) is 0. The first kappa shape index (κ1) is 13.4. The van der Waals surface area contributed by atoms with Crippen LogP contribution in [0.25, 0.3) is 0 Å². The molecule has 6 nitrogen and oxygen atoms in total. The number of hydrogen-bond acceptors (Lipinski definition) is 5. The molecule has 0 unspecified atom stereocenters. The minimum absolute atomic E-state index is 0.363. The molecule has 0 aliphatic rings. The SMILES string of the molecule is C=C(CNCc1nncn1CC)C(=O)OCC. The van der Waals surface area contributed by atoms with Gasteiger partial charge in [0.05, 0.1) is 13.2 Å². The Bertz CT molecular complexity index is 387. The predicted octanol–water partition coefficient (Wildman–Crippen LogP) is 0.507. The molecule has 1 aromatic rings. The average Bonchev–Trinajstić information content (AvgIpc) is 2.76.